The second-order valence-corrected chi connectivity index (χ2v) is 7.67. The van der Waals surface area contributed by atoms with Crippen molar-refractivity contribution in [3.05, 3.63) is 35.4 Å². The summed E-state index contributed by atoms with van der Waals surface area (Å²) in [5.41, 5.74) is 2.89. The van der Waals surface area contributed by atoms with Gasteiger partial charge >= 0.3 is 0 Å². The Morgan fingerprint density at radius 1 is 1.33 bits per heavy atom. The van der Waals surface area contributed by atoms with E-state index in [0.29, 0.717) is 27.2 Å². The predicted octanol–water partition coefficient (Wildman–Crippen LogP) is 3.46. The van der Waals surface area contributed by atoms with Gasteiger partial charge in [-0.1, -0.05) is 11.6 Å². The first-order chi connectivity index (χ1) is 9.80. The first-order valence-electron chi connectivity index (χ1n) is 6.03. The number of hydrogen-bond donors (Lipinski definition) is 1. The number of benzene rings is 1. The van der Waals surface area contributed by atoms with Gasteiger partial charge in [0.05, 0.1) is 22.6 Å². The lowest BCUT2D eigenvalue weighted by atomic mass is 10.1. The molecule has 1 aromatic carbocycles. The van der Waals surface area contributed by atoms with Gasteiger partial charge in [-0.15, -0.1) is 0 Å². The van der Waals surface area contributed by atoms with E-state index in [1.807, 2.05) is 18.5 Å². The van der Waals surface area contributed by atoms with Gasteiger partial charge in [-0.25, -0.2) is 13.4 Å². The highest BCUT2D eigenvalue weighted by molar-refractivity contribution is 8.14. The Labute approximate surface area is 130 Å². The van der Waals surface area contributed by atoms with Crippen molar-refractivity contribution >= 4 is 42.2 Å². The predicted molar refractivity (Wildman–Crippen MR) is 83.3 cm³/mol. The first kappa shape index (κ1) is 14.4. The van der Waals surface area contributed by atoms with Crippen LogP contribution in [0.4, 0.5) is 0 Å². The molecule has 0 aliphatic rings. The van der Waals surface area contributed by atoms with Gasteiger partial charge in [-0.3, -0.25) is 0 Å². The summed E-state index contributed by atoms with van der Waals surface area (Å²) in [7, 11) is 3.50. The summed E-state index contributed by atoms with van der Waals surface area (Å²) in [6.45, 7) is 1.92. The summed E-state index contributed by atoms with van der Waals surface area (Å²) in [6.07, 6.45) is 3.05. The van der Waals surface area contributed by atoms with Crippen molar-refractivity contribution in [1.29, 1.82) is 0 Å². The molecule has 0 bridgehead atoms. The van der Waals surface area contributed by atoms with Crippen LogP contribution in [0.1, 0.15) is 5.69 Å². The molecular formula is C13H11Cl2N3O2S. The van der Waals surface area contributed by atoms with Crippen LogP contribution in [-0.2, 0) is 16.1 Å². The zero-order valence-corrected chi connectivity index (χ0v) is 13.5. The number of nitrogens with zero attached hydrogens (tertiary/aromatic N) is 2. The molecule has 8 heteroatoms. The summed E-state index contributed by atoms with van der Waals surface area (Å²) >= 11 is 6.29. The van der Waals surface area contributed by atoms with Crippen LogP contribution in [0.3, 0.4) is 0 Å². The van der Waals surface area contributed by atoms with Gasteiger partial charge in [0.2, 0.25) is 0 Å². The zero-order valence-electron chi connectivity index (χ0n) is 11.2. The zero-order chi connectivity index (χ0) is 15.4. The van der Waals surface area contributed by atoms with Crippen LogP contribution in [0.2, 0.25) is 5.02 Å². The quantitative estimate of drug-likeness (QED) is 0.724. The maximum Gasteiger partial charge on any atom is 0.263 e. The van der Waals surface area contributed by atoms with E-state index in [1.165, 1.54) is 6.20 Å². The lowest BCUT2D eigenvalue weighted by molar-refractivity contribution is 0.610. The minimum Gasteiger partial charge on any atom is -0.359 e. The van der Waals surface area contributed by atoms with Gasteiger partial charge in [-0.05, 0) is 19.1 Å². The Kier molecular flexibility index (Phi) is 3.27. The number of hydrogen-bond acceptors (Lipinski definition) is 3. The van der Waals surface area contributed by atoms with Crippen LogP contribution in [-0.4, -0.2) is 23.0 Å². The van der Waals surface area contributed by atoms with Crippen molar-refractivity contribution in [2.24, 2.45) is 7.05 Å². The average molecular weight is 344 g/mol. The molecular weight excluding hydrogens is 333 g/mol. The van der Waals surface area contributed by atoms with Crippen molar-refractivity contribution < 1.29 is 8.42 Å². The molecule has 110 valence electrons. The molecule has 0 saturated carbocycles. The van der Waals surface area contributed by atoms with E-state index in [1.54, 1.807) is 18.5 Å². The number of aromatic nitrogens is 3. The van der Waals surface area contributed by atoms with Gasteiger partial charge < -0.3 is 9.55 Å². The molecule has 0 unspecified atom stereocenters. The Bertz CT molecular complexity index is 957. The van der Waals surface area contributed by atoms with E-state index in [0.717, 1.165) is 5.69 Å². The van der Waals surface area contributed by atoms with Crippen LogP contribution in [0.25, 0.3) is 22.2 Å². The fraction of sp³-hybridized carbons (Fsp3) is 0.154. The molecule has 0 fully saturated rings. The molecule has 0 aliphatic carbocycles. The normalized spacial score (nSPS) is 12.2. The number of H-pyrrole nitrogens is 1. The van der Waals surface area contributed by atoms with E-state index in [-0.39, 0.29) is 4.90 Å². The minimum absolute atomic E-state index is 0.0330. The molecule has 0 amide bonds. The fourth-order valence-corrected chi connectivity index (χ4v) is 3.58. The molecule has 0 saturated heterocycles. The third-order valence-electron chi connectivity index (χ3n) is 3.50. The highest BCUT2D eigenvalue weighted by Crippen LogP contribution is 2.38. The smallest absolute Gasteiger partial charge is 0.263 e. The van der Waals surface area contributed by atoms with Gasteiger partial charge in [0, 0.05) is 40.6 Å². The second-order valence-electron chi connectivity index (χ2n) is 4.73. The number of aryl methyl sites for hydroxylation is 1. The number of fused-ring (bicyclic) bond motifs is 1. The lowest BCUT2D eigenvalue weighted by Gasteiger charge is -2.06. The molecule has 5 nitrogen and oxygen atoms in total. The molecule has 0 spiro atoms. The topological polar surface area (TPSA) is 67.8 Å². The fourth-order valence-electron chi connectivity index (χ4n) is 2.32. The van der Waals surface area contributed by atoms with E-state index in [2.05, 4.69) is 9.97 Å². The third kappa shape index (κ3) is 2.23. The highest BCUT2D eigenvalue weighted by Gasteiger charge is 2.21. The Morgan fingerprint density at radius 3 is 2.62 bits per heavy atom. The average Bonchev–Trinajstić information content (AvgIpc) is 2.95. The van der Waals surface area contributed by atoms with Crippen molar-refractivity contribution in [1.82, 2.24) is 14.5 Å². The molecule has 2 heterocycles. The van der Waals surface area contributed by atoms with Crippen LogP contribution in [0.5, 0.6) is 0 Å². The summed E-state index contributed by atoms with van der Waals surface area (Å²) in [4.78, 5) is 7.32. The van der Waals surface area contributed by atoms with E-state index < -0.39 is 9.05 Å². The van der Waals surface area contributed by atoms with Gasteiger partial charge in [0.15, 0.2) is 0 Å². The van der Waals surface area contributed by atoms with E-state index in [4.69, 9.17) is 22.3 Å². The molecule has 0 atom stereocenters. The summed E-state index contributed by atoms with van der Waals surface area (Å²) < 4.78 is 25.1. The van der Waals surface area contributed by atoms with Crippen molar-refractivity contribution in [2.45, 2.75) is 11.8 Å². The monoisotopic (exact) mass is 343 g/mol. The molecule has 0 radical (unpaired) electrons. The van der Waals surface area contributed by atoms with Gasteiger partial charge in [0.1, 0.15) is 4.90 Å². The van der Waals surface area contributed by atoms with E-state index in [9.17, 15) is 8.42 Å². The maximum absolute atomic E-state index is 11.6. The van der Waals surface area contributed by atoms with Crippen LogP contribution >= 0.6 is 22.3 Å². The number of aromatic amines is 1. The van der Waals surface area contributed by atoms with Gasteiger partial charge in [-0.2, -0.15) is 0 Å². The molecule has 2 aromatic heterocycles. The Hall–Kier alpha value is -1.50. The molecule has 3 rings (SSSR count). The molecule has 1 N–H and O–H groups in total. The number of imidazole rings is 1. The highest BCUT2D eigenvalue weighted by atomic mass is 35.7. The molecule has 3 aromatic rings. The van der Waals surface area contributed by atoms with Crippen LogP contribution in [0.15, 0.2) is 29.6 Å². The third-order valence-corrected chi connectivity index (χ3v) is 5.18. The van der Waals surface area contributed by atoms with Gasteiger partial charge in [0.25, 0.3) is 9.05 Å². The Morgan fingerprint density at radius 2 is 2.05 bits per heavy atom. The first-order valence-corrected chi connectivity index (χ1v) is 8.72. The van der Waals surface area contributed by atoms with Crippen LogP contribution in [0, 0.1) is 6.92 Å². The maximum atomic E-state index is 11.6. The summed E-state index contributed by atoms with van der Waals surface area (Å²) in [5, 5.41) is 0.985. The summed E-state index contributed by atoms with van der Waals surface area (Å²) in [5.74, 6) is 0. The summed E-state index contributed by atoms with van der Waals surface area (Å²) in [6, 6.07) is 3.28. The largest absolute Gasteiger partial charge is 0.359 e. The standard InChI is InChI=1S/C13H11Cl2N3O2S/c1-7-12(17-6-18(7)2)11-9(14)4-3-8-10(21(15,19)20)5-16-13(8)11/h3-6,16H,1-2H3. The van der Waals surface area contributed by atoms with Crippen molar-refractivity contribution in [2.75, 3.05) is 0 Å². The lowest BCUT2D eigenvalue weighted by Crippen LogP contribution is -1.91. The minimum atomic E-state index is -3.83. The number of nitrogens with one attached hydrogen (secondary N) is 1. The number of rotatable bonds is 2. The molecule has 21 heavy (non-hydrogen) atoms. The SMILES string of the molecule is Cc1c(-c2c(Cl)ccc3c(S(=O)(=O)Cl)c[nH]c23)ncn1C. The Balaban J connectivity index is 2.41. The second kappa shape index (κ2) is 4.76. The van der Waals surface area contributed by atoms with Crippen LogP contribution < -0.4 is 0 Å². The van der Waals surface area contributed by atoms with Crippen molar-refractivity contribution in [3.8, 4) is 11.3 Å². The number of halogens is 2. The van der Waals surface area contributed by atoms with Crippen molar-refractivity contribution in [3.63, 3.8) is 0 Å². The van der Waals surface area contributed by atoms with E-state index >= 15 is 0 Å². The molecule has 0 aliphatic heterocycles.